The largest absolute Gasteiger partial charge is 0.478 e. The Balaban J connectivity index is 2.97. The van der Waals surface area contributed by atoms with E-state index in [1.165, 1.54) is 18.2 Å². The highest BCUT2D eigenvalue weighted by Gasteiger charge is 2.06. The Hall–Kier alpha value is -1.62. The van der Waals surface area contributed by atoms with Gasteiger partial charge in [0.2, 0.25) is 5.91 Å². The van der Waals surface area contributed by atoms with Gasteiger partial charge in [-0.05, 0) is 31.2 Å². The van der Waals surface area contributed by atoms with Crippen LogP contribution >= 0.6 is 15.9 Å². The summed E-state index contributed by atoms with van der Waals surface area (Å²) < 4.78 is 0.600. The molecule has 2 N–H and O–H groups in total. The zero-order valence-corrected chi connectivity index (χ0v) is 10.1. The molecule has 1 aromatic rings. The van der Waals surface area contributed by atoms with Crippen LogP contribution in [0.4, 0.5) is 5.69 Å². The molecule has 0 aromatic heterocycles. The molecule has 0 aliphatic heterocycles. The first-order chi connectivity index (χ1) is 7.52. The number of halogens is 1. The summed E-state index contributed by atoms with van der Waals surface area (Å²) in [6.07, 6.45) is 2.97. The van der Waals surface area contributed by atoms with Crippen molar-refractivity contribution in [1.29, 1.82) is 0 Å². The third-order valence-electron chi connectivity index (χ3n) is 1.73. The van der Waals surface area contributed by atoms with E-state index in [2.05, 4.69) is 21.2 Å². The van der Waals surface area contributed by atoms with Gasteiger partial charge >= 0.3 is 5.97 Å². The van der Waals surface area contributed by atoms with E-state index in [1.54, 1.807) is 19.1 Å². The van der Waals surface area contributed by atoms with Crippen LogP contribution in [0.1, 0.15) is 17.3 Å². The lowest BCUT2D eigenvalue weighted by atomic mass is 10.2. The number of anilines is 1. The van der Waals surface area contributed by atoms with E-state index in [0.29, 0.717) is 10.2 Å². The number of carbonyl (C=O) groups excluding carboxylic acids is 1. The number of hydrogen-bond acceptors (Lipinski definition) is 2. The molecule has 84 valence electrons. The molecular formula is C11H10BrNO3. The second kappa shape index (κ2) is 5.46. The second-order valence-electron chi connectivity index (χ2n) is 3.02. The number of hydrogen-bond donors (Lipinski definition) is 2. The van der Waals surface area contributed by atoms with Crippen LogP contribution in [0.2, 0.25) is 0 Å². The van der Waals surface area contributed by atoms with E-state index in [1.807, 2.05) is 0 Å². The molecule has 0 saturated carbocycles. The summed E-state index contributed by atoms with van der Waals surface area (Å²) in [5.41, 5.74) is 0.556. The van der Waals surface area contributed by atoms with Gasteiger partial charge in [-0.2, -0.15) is 0 Å². The van der Waals surface area contributed by atoms with Crippen molar-refractivity contribution in [3.63, 3.8) is 0 Å². The van der Waals surface area contributed by atoms with Crippen molar-refractivity contribution in [2.45, 2.75) is 6.92 Å². The zero-order chi connectivity index (χ0) is 12.1. The lowest BCUT2D eigenvalue weighted by Gasteiger charge is -2.04. The van der Waals surface area contributed by atoms with Crippen molar-refractivity contribution >= 4 is 33.5 Å². The Kier molecular flexibility index (Phi) is 4.25. The average Bonchev–Trinajstić information content (AvgIpc) is 2.16. The maximum atomic E-state index is 11.2. The molecule has 1 rings (SSSR count). The molecule has 0 bridgehead atoms. The first-order valence-corrected chi connectivity index (χ1v) is 5.30. The monoisotopic (exact) mass is 283 g/mol. The Labute approximate surface area is 101 Å². The molecule has 0 saturated heterocycles. The summed E-state index contributed by atoms with van der Waals surface area (Å²) in [5, 5.41) is 11.4. The van der Waals surface area contributed by atoms with Gasteiger partial charge in [-0.15, -0.1) is 0 Å². The van der Waals surface area contributed by atoms with Gasteiger partial charge in [0.05, 0.1) is 5.56 Å². The van der Waals surface area contributed by atoms with Crippen molar-refractivity contribution in [2.75, 3.05) is 5.32 Å². The van der Waals surface area contributed by atoms with Crippen molar-refractivity contribution in [2.24, 2.45) is 0 Å². The quantitative estimate of drug-likeness (QED) is 0.838. The summed E-state index contributed by atoms with van der Waals surface area (Å²) in [6.45, 7) is 1.73. The van der Waals surface area contributed by atoms with Gasteiger partial charge < -0.3 is 10.4 Å². The van der Waals surface area contributed by atoms with Gasteiger partial charge in [0.1, 0.15) is 0 Å². The molecule has 1 amide bonds. The van der Waals surface area contributed by atoms with E-state index in [0.717, 1.165) is 0 Å². The highest BCUT2D eigenvalue weighted by Crippen LogP contribution is 2.19. The van der Waals surface area contributed by atoms with E-state index in [9.17, 15) is 9.59 Å². The van der Waals surface area contributed by atoms with Crippen LogP contribution in [0.5, 0.6) is 0 Å². The van der Waals surface area contributed by atoms with Crippen LogP contribution in [-0.2, 0) is 4.79 Å². The Bertz CT molecular complexity index is 455. The molecule has 1 aromatic carbocycles. The molecule has 4 nitrogen and oxygen atoms in total. The summed E-state index contributed by atoms with van der Waals surface area (Å²) in [7, 11) is 0. The van der Waals surface area contributed by atoms with Crippen LogP contribution in [0.3, 0.4) is 0 Å². The molecule has 0 unspecified atom stereocenters. The standard InChI is InChI=1S/C11H10BrNO3/c1-2-3-10(14)13-9-5-7(11(15)16)4-8(12)6-9/h2-6H,1H3,(H,13,14)(H,15,16)/b3-2+. The first kappa shape index (κ1) is 12.4. The minimum Gasteiger partial charge on any atom is -0.478 e. The molecule has 0 aliphatic carbocycles. The van der Waals surface area contributed by atoms with Crippen LogP contribution < -0.4 is 5.32 Å². The van der Waals surface area contributed by atoms with Gasteiger partial charge in [0.25, 0.3) is 0 Å². The number of allylic oxidation sites excluding steroid dienone is 1. The molecule has 0 fully saturated rings. The number of carboxylic acids is 1. The SMILES string of the molecule is C/C=C/C(=O)Nc1cc(Br)cc(C(=O)O)c1. The van der Waals surface area contributed by atoms with Crippen molar-refractivity contribution in [1.82, 2.24) is 0 Å². The van der Waals surface area contributed by atoms with Crippen molar-refractivity contribution < 1.29 is 14.7 Å². The molecule has 16 heavy (non-hydrogen) atoms. The topological polar surface area (TPSA) is 66.4 Å². The highest BCUT2D eigenvalue weighted by molar-refractivity contribution is 9.10. The molecule has 5 heteroatoms. The maximum Gasteiger partial charge on any atom is 0.335 e. The first-order valence-electron chi connectivity index (χ1n) is 4.50. The van der Waals surface area contributed by atoms with E-state index in [-0.39, 0.29) is 11.5 Å². The fourth-order valence-corrected chi connectivity index (χ4v) is 1.61. The van der Waals surface area contributed by atoms with E-state index >= 15 is 0 Å². The van der Waals surface area contributed by atoms with Crippen LogP contribution in [0.25, 0.3) is 0 Å². The van der Waals surface area contributed by atoms with Gasteiger partial charge in [-0.1, -0.05) is 22.0 Å². The van der Waals surface area contributed by atoms with E-state index < -0.39 is 5.97 Å². The zero-order valence-electron chi connectivity index (χ0n) is 8.53. The predicted molar refractivity (Wildman–Crippen MR) is 64.5 cm³/mol. The summed E-state index contributed by atoms with van der Waals surface area (Å²) in [6, 6.07) is 4.50. The number of amides is 1. The van der Waals surface area contributed by atoms with Crippen LogP contribution in [0, 0.1) is 0 Å². The van der Waals surface area contributed by atoms with Crippen LogP contribution in [-0.4, -0.2) is 17.0 Å². The number of carboxylic acid groups (broad SMARTS) is 1. The third-order valence-corrected chi connectivity index (χ3v) is 2.19. The Morgan fingerprint density at radius 1 is 1.38 bits per heavy atom. The van der Waals surface area contributed by atoms with Gasteiger partial charge in [0, 0.05) is 10.2 Å². The normalized spacial score (nSPS) is 10.4. The van der Waals surface area contributed by atoms with Gasteiger partial charge in [-0.3, -0.25) is 4.79 Å². The predicted octanol–water partition coefficient (Wildman–Crippen LogP) is 2.66. The lowest BCUT2D eigenvalue weighted by Crippen LogP contribution is -2.08. The summed E-state index contributed by atoms with van der Waals surface area (Å²) in [5.74, 6) is -1.33. The summed E-state index contributed by atoms with van der Waals surface area (Å²) >= 11 is 3.18. The fourth-order valence-electron chi connectivity index (χ4n) is 1.12. The lowest BCUT2D eigenvalue weighted by molar-refractivity contribution is -0.111. The van der Waals surface area contributed by atoms with Crippen molar-refractivity contribution in [3.8, 4) is 0 Å². The minimum absolute atomic E-state index is 0.116. The number of aromatic carboxylic acids is 1. The second-order valence-corrected chi connectivity index (χ2v) is 3.94. The number of nitrogens with one attached hydrogen (secondary N) is 1. The number of benzene rings is 1. The number of rotatable bonds is 3. The third kappa shape index (κ3) is 3.51. The Morgan fingerprint density at radius 2 is 2.06 bits per heavy atom. The smallest absolute Gasteiger partial charge is 0.335 e. The maximum absolute atomic E-state index is 11.2. The fraction of sp³-hybridized carbons (Fsp3) is 0.0909. The number of carbonyl (C=O) groups is 2. The van der Waals surface area contributed by atoms with Gasteiger partial charge in [0.15, 0.2) is 0 Å². The summed E-state index contributed by atoms with van der Waals surface area (Å²) in [4.78, 5) is 22.0. The average molecular weight is 284 g/mol. The minimum atomic E-state index is -1.04. The molecular weight excluding hydrogens is 274 g/mol. The van der Waals surface area contributed by atoms with Crippen LogP contribution in [0.15, 0.2) is 34.8 Å². The molecule has 0 aliphatic rings. The molecule has 0 spiro atoms. The molecule has 0 radical (unpaired) electrons. The van der Waals surface area contributed by atoms with E-state index in [4.69, 9.17) is 5.11 Å². The Morgan fingerprint density at radius 3 is 2.62 bits per heavy atom. The molecule has 0 atom stereocenters. The van der Waals surface area contributed by atoms with Crippen molar-refractivity contribution in [3.05, 3.63) is 40.4 Å². The molecule has 0 heterocycles. The van der Waals surface area contributed by atoms with Gasteiger partial charge in [-0.25, -0.2) is 4.79 Å². The highest BCUT2D eigenvalue weighted by atomic mass is 79.9.